The lowest BCUT2D eigenvalue weighted by Gasteiger charge is -2.14. The van der Waals surface area contributed by atoms with Crippen molar-refractivity contribution in [3.05, 3.63) is 47.2 Å². The van der Waals surface area contributed by atoms with Gasteiger partial charge >= 0.3 is 5.97 Å². The minimum atomic E-state index is -4.21. The summed E-state index contributed by atoms with van der Waals surface area (Å²) in [5, 5.41) is 5.35. The quantitative estimate of drug-likeness (QED) is 0.686. The van der Waals surface area contributed by atoms with Gasteiger partial charge in [0.1, 0.15) is 10.6 Å². The Morgan fingerprint density at radius 3 is 2.65 bits per heavy atom. The smallest absolute Gasteiger partial charge is 0.355 e. The van der Waals surface area contributed by atoms with Crippen molar-refractivity contribution < 1.29 is 22.7 Å². The summed E-state index contributed by atoms with van der Waals surface area (Å²) in [7, 11) is -2.62. The average Bonchev–Trinajstić information content (AvgIpc) is 3.07. The van der Waals surface area contributed by atoms with Crippen molar-refractivity contribution in [3.63, 3.8) is 0 Å². The number of rotatable bonds is 7. The fourth-order valence-electron chi connectivity index (χ4n) is 2.21. The lowest BCUT2D eigenvalue weighted by Crippen LogP contribution is -2.26. The van der Waals surface area contributed by atoms with E-state index in [0.29, 0.717) is 0 Å². The molecule has 140 valence electrons. The van der Waals surface area contributed by atoms with E-state index < -0.39 is 21.9 Å². The summed E-state index contributed by atoms with van der Waals surface area (Å²) in [5.74, 6) is -1.20. The van der Waals surface area contributed by atoms with E-state index in [1.54, 1.807) is 14.0 Å². The molecule has 0 fully saturated rings. The van der Waals surface area contributed by atoms with Crippen molar-refractivity contribution in [2.45, 2.75) is 11.8 Å². The van der Waals surface area contributed by atoms with Crippen LogP contribution in [0.1, 0.15) is 17.4 Å². The number of hydrogen-bond donors (Lipinski definition) is 2. The molecular formula is C16H18ClN3O5S. The Labute approximate surface area is 156 Å². The first-order valence-corrected chi connectivity index (χ1v) is 9.47. The monoisotopic (exact) mass is 399 g/mol. The Morgan fingerprint density at radius 1 is 1.27 bits per heavy atom. The van der Waals surface area contributed by atoms with Gasteiger partial charge in [0.2, 0.25) is 5.91 Å². The Morgan fingerprint density at radius 2 is 2.00 bits per heavy atom. The number of carbonyl (C=O) groups excluding carboxylic acids is 2. The molecule has 0 radical (unpaired) electrons. The third kappa shape index (κ3) is 4.24. The Balaban J connectivity index is 2.53. The summed E-state index contributed by atoms with van der Waals surface area (Å²) < 4.78 is 31.8. The molecule has 26 heavy (non-hydrogen) atoms. The van der Waals surface area contributed by atoms with Crippen LogP contribution < -0.4 is 10.6 Å². The van der Waals surface area contributed by atoms with Gasteiger partial charge in [-0.2, -0.15) is 0 Å². The molecule has 2 aromatic rings. The molecule has 0 unspecified atom stereocenters. The molecule has 0 saturated heterocycles. The lowest BCUT2D eigenvalue weighted by molar-refractivity contribution is -0.115. The Bertz CT molecular complexity index is 924. The zero-order valence-electron chi connectivity index (χ0n) is 14.2. The maximum absolute atomic E-state index is 13.1. The normalized spacial score (nSPS) is 11.2. The first-order chi connectivity index (χ1) is 12.3. The van der Waals surface area contributed by atoms with Gasteiger partial charge in [-0.1, -0.05) is 11.6 Å². The van der Waals surface area contributed by atoms with Gasteiger partial charge in [-0.25, -0.2) is 17.2 Å². The molecule has 0 aliphatic carbocycles. The van der Waals surface area contributed by atoms with Crippen LogP contribution >= 0.6 is 11.6 Å². The highest BCUT2D eigenvalue weighted by Crippen LogP contribution is 2.28. The number of hydrogen-bond acceptors (Lipinski definition) is 6. The van der Waals surface area contributed by atoms with Crippen LogP contribution in [0.3, 0.4) is 0 Å². The largest absolute Gasteiger partial charge is 0.461 e. The number of amides is 1. The van der Waals surface area contributed by atoms with Crippen molar-refractivity contribution in [1.82, 2.24) is 9.29 Å². The van der Waals surface area contributed by atoms with E-state index in [1.165, 1.54) is 36.5 Å². The van der Waals surface area contributed by atoms with E-state index in [9.17, 15) is 18.0 Å². The zero-order chi connectivity index (χ0) is 19.3. The second kappa shape index (κ2) is 8.35. The van der Waals surface area contributed by atoms with Crippen LogP contribution in [-0.4, -0.2) is 44.5 Å². The first-order valence-electron chi connectivity index (χ1n) is 7.65. The molecule has 1 aromatic carbocycles. The first kappa shape index (κ1) is 20.0. The number of halogens is 1. The van der Waals surface area contributed by atoms with E-state index in [1.807, 2.05) is 0 Å². The number of benzene rings is 1. The maximum atomic E-state index is 13.1. The van der Waals surface area contributed by atoms with Gasteiger partial charge in [0.15, 0.2) is 0 Å². The SMILES string of the molecule is CCOC(=O)c1cccn1S(=O)(=O)c1cc(Cl)ccc1NC(=O)CNC. The fraction of sp³-hybridized carbons (Fsp3) is 0.250. The van der Waals surface area contributed by atoms with E-state index in [4.69, 9.17) is 16.3 Å². The van der Waals surface area contributed by atoms with Crippen molar-refractivity contribution in [2.24, 2.45) is 0 Å². The fourth-order valence-corrected chi connectivity index (χ4v) is 3.96. The highest BCUT2D eigenvalue weighted by molar-refractivity contribution is 7.90. The molecule has 0 saturated carbocycles. The molecule has 0 aliphatic heterocycles. The summed E-state index contributed by atoms with van der Waals surface area (Å²) in [5.41, 5.74) is -0.0996. The minimum absolute atomic E-state index is 0.000288. The van der Waals surface area contributed by atoms with Crippen LogP contribution in [0.2, 0.25) is 5.02 Å². The molecule has 0 bridgehead atoms. The molecule has 0 spiro atoms. The van der Waals surface area contributed by atoms with Crippen LogP contribution in [-0.2, 0) is 19.6 Å². The van der Waals surface area contributed by atoms with Crippen LogP contribution in [0, 0.1) is 0 Å². The van der Waals surface area contributed by atoms with Gasteiger partial charge in [-0.3, -0.25) is 4.79 Å². The van der Waals surface area contributed by atoms with Gasteiger partial charge in [0, 0.05) is 11.2 Å². The van der Waals surface area contributed by atoms with Gasteiger partial charge in [0.25, 0.3) is 10.0 Å². The number of carbonyl (C=O) groups is 2. The zero-order valence-corrected chi connectivity index (χ0v) is 15.7. The van der Waals surface area contributed by atoms with E-state index in [2.05, 4.69) is 10.6 Å². The lowest BCUT2D eigenvalue weighted by atomic mass is 10.3. The maximum Gasteiger partial charge on any atom is 0.355 e. The number of esters is 1. The molecule has 0 aliphatic rings. The van der Waals surface area contributed by atoms with Crippen LogP contribution in [0.5, 0.6) is 0 Å². The minimum Gasteiger partial charge on any atom is -0.461 e. The van der Waals surface area contributed by atoms with Gasteiger partial charge < -0.3 is 15.4 Å². The second-order valence-electron chi connectivity index (χ2n) is 5.13. The highest BCUT2D eigenvalue weighted by atomic mass is 35.5. The molecule has 8 nitrogen and oxygen atoms in total. The van der Waals surface area contributed by atoms with Crippen LogP contribution in [0.4, 0.5) is 5.69 Å². The molecule has 1 heterocycles. The molecule has 1 aromatic heterocycles. The molecule has 0 atom stereocenters. The molecule has 2 N–H and O–H groups in total. The number of nitrogens with zero attached hydrogens (tertiary/aromatic N) is 1. The van der Waals surface area contributed by atoms with Crippen molar-refractivity contribution >= 4 is 39.2 Å². The summed E-state index contributed by atoms with van der Waals surface area (Å²) in [4.78, 5) is 23.6. The van der Waals surface area contributed by atoms with Crippen molar-refractivity contribution in [3.8, 4) is 0 Å². The summed E-state index contributed by atoms with van der Waals surface area (Å²) >= 11 is 5.94. The second-order valence-corrected chi connectivity index (χ2v) is 7.35. The van der Waals surface area contributed by atoms with Gasteiger partial charge in [0.05, 0.1) is 18.8 Å². The molecule has 1 amide bonds. The number of anilines is 1. The van der Waals surface area contributed by atoms with Crippen molar-refractivity contribution in [2.75, 3.05) is 25.5 Å². The van der Waals surface area contributed by atoms with E-state index in [-0.39, 0.29) is 34.5 Å². The summed E-state index contributed by atoms with van der Waals surface area (Å²) in [6.45, 7) is 1.72. The molecule has 2 rings (SSSR count). The van der Waals surface area contributed by atoms with Crippen LogP contribution in [0.15, 0.2) is 41.4 Å². The average molecular weight is 400 g/mol. The summed E-state index contributed by atoms with van der Waals surface area (Å²) in [6, 6.07) is 6.79. The van der Waals surface area contributed by atoms with Gasteiger partial charge in [-0.05, 0) is 44.3 Å². The highest BCUT2D eigenvalue weighted by Gasteiger charge is 2.26. The molecule has 10 heteroatoms. The van der Waals surface area contributed by atoms with Crippen molar-refractivity contribution in [1.29, 1.82) is 0 Å². The predicted molar refractivity (Wildman–Crippen MR) is 97.0 cm³/mol. The molecular weight excluding hydrogens is 382 g/mol. The Kier molecular flexibility index (Phi) is 6.41. The third-order valence-corrected chi connectivity index (χ3v) is 5.25. The number of ether oxygens (including phenoxy) is 1. The topological polar surface area (TPSA) is 106 Å². The Hall–Kier alpha value is -2.36. The number of likely N-dealkylation sites (N-methyl/N-ethyl adjacent to an activating group) is 1. The van der Waals surface area contributed by atoms with Crippen LogP contribution in [0.25, 0.3) is 0 Å². The predicted octanol–water partition coefficient (Wildman–Crippen LogP) is 1.71. The standard InChI is InChI=1S/C16H18ClN3O5S/c1-3-25-16(22)13-5-4-8-20(13)26(23,24)14-9-11(17)6-7-12(14)19-15(21)10-18-2/h4-9,18H,3,10H2,1-2H3,(H,19,21). The van der Waals surface area contributed by atoms with E-state index in [0.717, 1.165) is 3.97 Å². The third-order valence-electron chi connectivity index (χ3n) is 3.29. The number of nitrogens with one attached hydrogen (secondary N) is 2. The number of aromatic nitrogens is 1. The van der Waals surface area contributed by atoms with Gasteiger partial charge in [-0.15, -0.1) is 0 Å². The summed E-state index contributed by atoms with van der Waals surface area (Å²) in [6.07, 6.45) is 1.22. The van der Waals surface area contributed by atoms with E-state index >= 15 is 0 Å².